The first-order valence-electron chi connectivity index (χ1n) is 7.37. The van der Waals surface area contributed by atoms with Gasteiger partial charge in [-0.1, -0.05) is 19.1 Å². The zero-order chi connectivity index (χ0) is 15.1. The normalized spacial score (nSPS) is 24.1. The lowest BCUT2D eigenvalue weighted by Crippen LogP contribution is -2.34. The monoisotopic (exact) mass is 280 g/mol. The second-order valence-electron chi connectivity index (χ2n) is 5.23. The molecule has 1 saturated carbocycles. The Balaban J connectivity index is 2.87. The minimum Gasteiger partial charge on any atom is -0.465 e. The summed E-state index contributed by atoms with van der Waals surface area (Å²) in [5.74, 6) is -1.75. The van der Waals surface area contributed by atoms with Gasteiger partial charge in [0.05, 0.1) is 6.61 Å². The van der Waals surface area contributed by atoms with Crippen molar-refractivity contribution in [3.63, 3.8) is 0 Å². The molecule has 1 rings (SSSR count). The highest BCUT2D eigenvalue weighted by atomic mass is 16.5. The number of ether oxygens (including phenoxy) is 1. The Hall–Kier alpha value is -1.45. The lowest BCUT2D eigenvalue weighted by atomic mass is 9.80. The summed E-state index contributed by atoms with van der Waals surface area (Å²) in [6.45, 7) is 5.41. The smallest absolute Gasteiger partial charge is 0.316 e. The van der Waals surface area contributed by atoms with Crippen molar-refractivity contribution in [3.05, 3.63) is 12.2 Å². The summed E-state index contributed by atoms with van der Waals surface area (Å²) < 4.78 is 5.00. The van der Waals surface area contributed by atoms with E-state index in [1.54, 1.807) is 6.92 Å². The molecule has 0 bridgehead atoms. The van der Waals surface area contributed by atoms with Crippen LogP contribution in [-0.2, 0) is 19.1 Å². The molecule has 4 nitrogen and oxygen atoms in total. The molecule has 1 fully saturated rings. The summed E-state index contributed by atoms with van der Waals surface area (Å²) in [5.41, 5.74) is 0. The molecule has 0 aromatic carbocycles. The van der Waals surface area contributed by atoms with Crippen LogP contribution in [0.25, 0.3) is 0 Å². The number of ketones is 2. The van der Waals surface area contributed by atoms with Gasteiger partial charge in [-0.25, -0.2) is 0 Å². The molecule has 0 spiro atoms. The fourth-order valence-corrected chi connectivity index (χ4v) is 2.92. The highest BCUT2D eigenvalue weighted by molar-refractivity contribution is 5.99. The Kier molecular flexibility index (Phi) is 6.62. The van der Waals surface area contributed by atoms with Crippen molar-refractivity contribution >= 4 is 17.5 Å². The number of rotatable bonds is 7. The topological polar surface area (TPSA) is 60.4 Å². The lowest BCUT2D eigenvalue weighted by molar-refractivity contribution is -0.154. The van der Waals surface area contributed by atoms with Gasteiger partial charge in [0, 0.05) is 12.3 Å². The van der Waals surface area contributed by atoms with Gasteiger partial charge in [-0.15, -0.1) is 0 Å². The van der Waals surface area contributed by atoms with Gasteiger partial charge in [-0.05, 0) is 39.0 Å². The van der Waals surface area contributed by atoms with Crippen molar-refractivity contribution in [2.24, 2.45) is 17.8 Å². The molecule has 112 valence electrons. The highest BCUT2D eigenvalue weighted by Crippen LogP contribution is 2.38. The van der Waals surface area contributed by atoms with Crippen molar-refractivity contribution < 1.29 is 19.1 Å². The van der Waals surface area contributed by atoms with Gasteiger partial charge in [-0.2, -0.15) is 0 Å². The Morgan fingerprint density at radius 3 is 2.60 bits per heavy atom. The fraction of sp³-hybridized carbons (Fsp3) is 0.688. The van der Waals surface area contributed by atoms with Gasteiger partial charge in [0.25, 0.3) is 0 Å². The Bertz CT molecular complexity index is 397. The van der Waals surface area contributed by atoms with E-state index in [0.29, 0.717) is 19.3 Å². The van der Waals surface area contributed by atoms with E-state index in [2.05, 4.69) is 0 Å². The molecule has 0 saturated heterocycles. The largest absolute Gasteiger partial charge is 0.465 e. The molecular formula is C16H24O4. The van der Waals surface area contributed by atoms with Gasteiger partial charge >= 0.3 is 5.97 Å². The molecule has 0 heterocycles. The van der Waals surface area contributed by atoms with E-state index < -0.39 is 11.9 Å². The predicted molar refractivity (Wildman–Crippen MR) is 76.1 cm³/mol. The molecule has 0 N–H and O–H groups in total. The van der Waals surface area contributed by atoms with Gasteiger partial charge < -0.3 is 4.74 Å². The summed E-state index contributed by atoms with van der Waals surface area (Å²) in [7, 11) is 0. The van der Waals surface area contributed by atoms with Crippen LogP contribution in [0.4, 0.5) is 0 Å². The summed E-state index contributed by atoms with van der Waals surface area (Å²) in [5, 5.41) is 0. The summed E-state index contributed by atoms with van der Waals surface area (Å²) in [6, 6.07) is 0. The van der Waals surface area contributed by atoms with Crippen molar-refractivity contribution in [1.82, 2.24) is 0 Å². The zero-order valence-corrected chi connectivity index (χ0v) is 12.6. The van der Waals surface area contributed by atoms with Crippen molar-refractivity contribution in [1.29, 1.82) is 0 Å². The fourth-order valence-electron chi connectivity index (χ4n) is 2.92. The van der Waals surface area contributed by atoms with Gasteiger partial charge in [0.15, 0.2) is 0 Å². The van der Waals surface area contributed by atoms with Crippen LogP contribution < -0.4 is 0 Å². The zero-order valence-electron chi connectivity index (χ0n) is 12.6. The standard InChI is InChI=1S/C16H24O4/c1-4-6-7-8-12-13(9-10-14(12)18)15(11(3)17)16(19)20-5-2/h6-7,12-13,15H,4-5,8-10H2,1-3H3. The first-order valence-corrected chi connectivity index (χ1v) is 7.37. The van der Waals surface area contributed by atoms with E-state index in [0.717, 1.165) is 6.42 Å². The Labute approximate surface area is 120 Å². The molecule has 1 aliphatic carbocycles. The van der Waals surface area contributed by atoms with Crippen molar-refractivity contribution in [3.8, 4) is 0 Å². The van der Waals surface area contributed by atoms with E-state index in [-0.39, 0.29) is 30.0 Å². The molecule has 3 unspecified atom stereocenters. The summed E-state index contributed by atoms with van der Waals surface area (Å²) in [6.07, 6.45) is 6.57. The number of esters is 1. The molecule has 0 radical (unpaired) electrons. The predicted octanol–water partition coefficient (Wildman–Crippen LogP) is 2.71. The second kappa shape index (κ2) is 7.98. The van der Waals surface area contributed by atoms with Crippen molar-refractivity contribution in [2.45, 2.75) is 46.5 Å². The third-order valence-corrected chi connectivity index (χ3v) is 3.85. The number of Topliss-reactive ketones (excluding diaryl/α,β-unsaturated/α-hetero) is 2. The van der Waals surface area contributed by atoms with Crippen molar-refractivity contribution in [2.75, 3.05) is 6.61 Å². The molecule has 4 heteroatoms. The molecule has 0 aromatic rings. The van der Waals surface area contributed by atoms with E-state index in [1.165, 1.54) is 6.92 Å². The molecule has 1 aliphatic rings. The minimum atomic E-state index is -0.790. The maximum absolute atomic E-state index is 12.0. The third kappa shape index (κ3) is 4.02. The SMILES string of the molecule is CCC=CCC1C(=O)CCC1C(C(C)=O)C(=O)OCC. The summed E-state index contributed by atoms with van der Waals surface area (Å²) in [4.78, 5) is 35.8. The molecule has 3 atom stereocenters. The first kappa shape index (κ1) is 16.6. The molecular weight excluding hydrogens is 256 g/mol. The molecule has 0 aliphatic heterocycles. The van der Waals surface area contributed by atoms with Crippen LogP contribution in [-0.4, -0.2) is 24.1 Å². The van der Waals surface area contributed by atoms with Crippen LogP contribution >= 0.6 is 0 Å². The van der Waals surface area contributed by atoms with E-state index in [4.69, 9.17) is 4.74 Å². The minimum absolute atomic E-state index is 0.159. The Morgan fingerprint density at radius 1 is 1.35 bits per heavy atom. The van der Waals surface area contributed by atoms with Crippen LogP contribution in [0.1, 0.15) is 46.5 Å². The quantitative estimate of drug-likeness (QED) is 0.409. The number of hydrogen-bond acceptors (Lipinski definition) is 4. The average molecular weight is 280 g/mol. The molecule has 0 aromatic heterocycles. The highest BCUT2D eigenvalue weighted by Gasteiger charge is 2.44. The van der Waals surface area contributed by atoms with Crippen LogP contribution in [0, 0.1) is 17.8 Å². The van der Waals surface area contributed by atoms with Gasteiger partial charge in [-0.3, -0.25) is 14.4 Å². The van der Waals surface area contributed by atoms with E-state index >= 15 is 0 Å². The van der Waals surface area contributed by atoms with Crippen LogP contribution in [0.2, 0.25) is 0 Å². The second-order valence-corrected chi connectivity index (χ2v) is 5.23. The average Bonchev–Trinajstić information content (AvgIpc) is 2.72. The van der Waals surface area contributed by atoms with E-state index in [9.17, 15) is 14.4 Å². The first-order chi connectivity index (χ1) is 9.52. The van der Waals surface area contributed by atoms with Crippen LogP contribution in [0.3, 0.4) is 0 Å². The van der Waals surface area contributed by atoms with Crippen LogP contribution in [0.15, 0.2) is 12.2 Å². The number of allylic oxidation sites excluding steroid dienone is 2. The molecule has 0 amide bonds. The maximum Gasteiger partial charge on any atom is 0.316 e. The molecule has 20 heavy (non-hydrogen) atoms. The third-order valence-electron chi connectivity index (χ3n) is 3.85. The Morgan fingerprint density at radius 2 is 2.05 bits per heavy atom. The summed E-state index contributed by atoms with van der Waals surface area (Å²) >= 11 is 0. The number of carbonyl (C=O) groups excluding carboxylic acids is 3. The number of carbonyl (C=O) groups is 3. The van der Waals surface area contributed by atoms with Gasteiger partial charge in [0.2, 0.25) is 0 Å². The van der Waals surface area contributed by atoms with Crippen LogP contribution in [0.5, 0.6) is 0 Å². The maximum atomic E-state index is 12.0. The van der Waals surface area contributed by atoms with Gasteiger partial charge in [0.1, 0.15) is 17.5 Å². The number of hydrogen-bond donors (Lipinski definition) is 0. The lowest BCUT2D eigenvalue weighted by Gasteiger charge is -2.23. The van der Waals surface area contributed by atoms with E-state index in [1.807, 2.05) is 19.1 Å².